The smallest absolute Gasteiger partial charge is 0.204 e. The Hall–Kier alpha value is -4.10. The van der Waals surface area contributed by atoms with Gasteiger partial charge < -0.3 is 9.84 Å². The molecule has 194 valence electrons. The Morgan fingerprint density at radius 2 is 1.71 bits per heavy atom. The maximum Gasteiger partial charge on any atom is 0.204 e. The Bertz CT molecular complexity index is 1340. The summed E-state index contributed by atoms with van der Waals surface area (Å²) in [7, 11) is 0. The molecule has 3 aromatic carbocycles. The quantitative estimate of drug-likeness (QED) is 0.324. The topological polar surface area (TPSA) is 103 Å². The Balaban J connectivity index is 1.30. The van der Waals surface area contributed by atoms with Gasteiger partial charge in [0, 0.05) is 38.3 Å². The van der Waals surface area contributed by atoms with Crippen LogP contribution in [0.5, 0.6) is 5.75 Å². The van der Waals surface area contributed by atoms with Crippen LogP contribution in [0.15, 0.2) is 78.9 Å². The summed E-state index contributed by atoms with van der Waals surface area (Å²) in [4.78, 5) is 6.46. The molecule has 1 aliphatic heterocycles. The first-order chi connectivity index (χ1) is 18.7. The van der Waals surface area contributed by atoms with E-state index in [0.29, 0.717) is 19.0 Å². The van der Waals surface area contributed by atoms with Crippen LogP contribution in [-0.2, 0) is 17.8 Å². The van der Waals surface area contributed by atoms with Gasteiger partial charge in [0.1, 0.15) is 12.4 Å². The van der Waals surface area contributed by atoms with Crippen LogP contribution >= 0.6 is 0 Å². The molecule has 0 bridgehead atoms. The van der Waals surface area contributed by atoms with Gasteiger partial charge in [-0.2, -0.15) is 10.1 Å². The molecule has 5 rings (SSSR count). The minimum Gasteiger partial charge on any atom is -0.508 e. The van der Waals surface area contributed by atoms with Crippen LogP contribution in [0, 0.1) is 11.3 Å². The van der Waals surface area contributed by atoms with E-state index in [0.717, 1.165) is 49.4 Å². The van der Waals surface area contributed by atoms with E-state index < -0.39 is 0 Å². The zero-order chi connectivity index (χ0) is 26.2. The van der Waals surface area contributed by atoms with Crippen LogP contribution in [0.1, 0.15) is 22.7 Å². The van der Waals surface area contributed by atoms with Gasteiger partial charge in [-0.3, -0.25) is 9.80 Å². The molecule has 9 heteroatoms. The third-order valence-electron chi connectivity index (χ3n) is 6.75. The summed E-state index contributed by atoms with van der Waals surface area (Å²) < 4.78 is 5.17. The molecule has 0 amide bonds. The first-order valence-corrected chi connectivity index (χ1v) is 12.8. The molecule has 4 aromatic rings. The number of hydrogen-bond donors (Lipinski definition) is 1. The number of aromatic nitrogens is 4. The molecule has 0 aliphatic carbocycles. The van der Waals surface area contributed by atoms with E-state index in [1.165, 1.54) is 10.4 Å². The second-order valence-electron chi connectivity index (χ2n) is 9.34. The monoisotopic (exact) mass is 509 g/mol. The van der Waals surface area contributed by atoms with Gasteiger partial charge in [-0.05, 0) is 34.0 Å². The average Bonchev–Trinajstić information content (AvgIpc) is 3.42. The molecule has 0 saturated carbocycles. The number of nitrogens with zero attached hydrogens (tertiary/aromatic N) is 7. The fourth-order valence-corrected chi connectivity index (χ4v) is 4.86. The summed E-state index contributed by atoms with van der Waals surface area (Å²) in [6.45, 7) is 5.61. The van der Waals surface area contributed by atoms with E-state index in [4.69, 9.17) is 10.00 Å². The number of aromatic hydroxyl groups is 1. The van der Waals surface area contributed by atoms with Crippen molar-refractivity contribution in [2.75, 3.05) is 39.4 Å². The van der Waals surface area contributed by atoms with Gasteiger partial charge in [0.2, 0.25) is 5.82 Å². The Kier molecular flexibility index (Phi) is 8.36. The molecule has 0 radical (unpaired) electrons. The second-order valence-corrected chi connectivity index (χ2v) is 9.34. The van der Waals surface area contributed by atoms with E-state index >= 15 is 0 Å². The fourth-order valence-electron chi connectivity index (χ4n) is 4.86. The van der Waals surface area contributed by atoms with E-state index in [1.54, 1.807) is 6.07 Å². The van der Waals surface area contributed by atoms with E-state index in [9.17, 15) is 5.11 Å². The minimum atomic E-state index is 0.0240. The molecular formula is C29H31N7O2. The van der Waals surface area contributed by atoms with Gasteiger partial charge in [0.05, 0.1) is 25.3 Å². The summed E-state index contributed by atoms with van der Waals surface area (Å²) >= 11 is 0. The van der Waals surface area contributed by atoms with Gasteiger partial charge in [0.25, 0.3) is 0 Å². The molecule has 1 aromatic heterocycles. The van der Waals surface area contributed by atoms with Crippen molar-refractivity contribution in [3.8, 4) is 23.2 Å². The fraction of sp³-hybridized carbons (Fsp3) is 0.310. The normalized spacial score (nSPS) is 15.2. The lowest BCUT2D eigenvalue weighted by Crippen LogP contribution is -2.47. The number of phenolic OH excluding ortho intramolecular Hbond substituents is 1. The molecule has 38 heavy (non-hydrogen) atoms. The molecule has 1 saturated heterocycles. The zero-order valence-electron chi connectivity index (χ0n) is 21.2. The number of benzene rings is 3. The SMILES string of the molecule is N#CCOCCn1nnc(-c2ccc([C@H](c3cccc(O)c3)N3CCN(Cc4ccccc4)CC3)cc2)n1. The molecule has 1 atom stereocenters. The van der Waals surface area contributed by atoms with Gasteiger partial charge >= 0.3 is 0 Å². The lowest BCUT2D eigenvalue weighted by atomic mass is 9.95. The third-order valence-corrected chi connectivity index (χ3v) is 6.75. The first kappa shape index (κ1) is 25.5. The number of rotatable bonds is 10. The number of tetrazole rings is 1. The maximum absolute atomic E-state index is 10.2. The summed E-state index contributed by atoms with van der Waals surface area (Å²) in [6, 6.07) is 28.4. The number of phenols is 1. The summed E-state index contributed by atoms with van der Waals surface area (Å²) in [5.74, 6) is 0.812. The van der Waals surface area contributed by atoms with Crippen molar-refractivity contribution in [2.45, 2.75) is 19.1 Å². The van der Waals surface area contributed by atoms with Crippen molar-refractivity contribution in [3.05, 3.63) is 95.6 Å². The predicted molar refractivity (Wildman–Crippen MR) is 143 cm³/mol. The van der Waals surface area contributed by atoms with Crippen molar-refractivity contribution < 1.29 is 9.84 Å². The van der Waals surface area contributed by atoms with Crippen molar-refractivity contribution in [1.82, 2.24) is 30.0 Å². The van der Waals surface area contributed by atoms with Crippen molar-refractivity contribution in [1.29, 1.82) is 5.26 Å². The van der Waals surface area contributed by atoms with Gasteiger partial charge in [-0.1, -0.05) is 66.7 Å². The highest BCUT2D eigenvalue weighted by atomic mass is 16.5. The van der Waals surface area contributed by atoms with Crippen molar-refractivity contribution in [2.24, 2.45) is 0 Å². The highest BCUT2D eigenvalue weighted by Gasteiger charge is 2.27. The van der Waals surface area contributed by atoms with E-state index in [1.807, 2.05) is 30.3 Å². The number of piperazine rings is 1. The minimum absolute atomic E-state index is 0.0240. The molecule has 1 N–H and O–H groups in total. The molecule has 2 heterocycles. The zero-order valence-corrected chi connectivity index (χ0v) is 21.2. The standard InChI is InChI=1S/C29H31N7O2/c30-13-19-38-20-18-36-32-29(31-33-36)25-11-9-24(10-12-25)28(26-7-4-8-27(37)21-26)35-16-14-34(15-17-35)22-23-5-2-1-3-6-23/h1-12,21,28,37H,14-20,22H2/t28-/m1/s1. The number of nitriles is 1. The Labute approximate surface area is 222 Å². The first-order valence-electron chi connectivity index (χ1n) is 12.8. The number of hydrogen-bond acceptors (Lipinski definition) is 8. The average molecular weight is 510 g/mol. The lowest BCUT2D eigenvalue weighted by Gasteiger charge is -2.40. The Morgan fingerprint density at radius 3 is 2.45 bits per heavy atom. The summed E-state index contributed by atoms with van der Waals surface area (Å²) in [5, 5.41) is 31.5. The summed E-state index contributed by atoms with van der Waals surface area (Å²) in [5.41, 5.74) is 4.42. The van der Waals surface area contributed by atoms with Crippen molar-refractivity contribution >= 4 is 0 Å². The van der Waals surface area contributed by atoms with Crippen LogP contribution in [0.3, 0.4) is 0 Å². The molecular weight excluding hydrogens is 478 g/mol. The highest BCUT2D eigenvalue weighted by molar-refractivity contribution is 5.55. The van der Waals surface area contributed by atoms with E-state index in [-0.39, 0.29) is 18.4 Å². The largest absolute Gasteiger partial charge is 0.508 e. The second kappa shape index (κ2) is 12.4. The third kappa shape index (κ3) is 6.42. The van der Waals surface area contributed by atoms with Crippen LogP contribution in [0.4, 0.5) is 0 Å². The Morgan fingerprint density at radius 1 is 0.921 bits per heavy atom. The molecule has 0 unspecified atom stereocenters. The van der Waals surface area contributed by atoms with Gasteiger partial charge in [0.15, 0.2) is 0 Å². The maximum atomic E-state index is 10.2. The highest BCUT2D eigenvalue weighted by Crippen LogP contribution is 2.32. The van der Waals surface area contributed by atoms with Gasteiger partial charge in [-0.25, -0.2) is 0 Å². The van der Waals surface area contributed by atoms with Crippen molar-refractivity contribution in [3.63, 3.8) is 0 Å². The number of ether oxygens (including phenoxy) is 1. The van der Waals surface area contributed by atoms with Crippen LogP contribution in [-0.4, -0.2) is 74.5 Å². The van der Waals surface area contributed by atoms with Crippen LogP contribution in [0.25, 0.3) is 11.4 Å². The van der Waals surface area contributed by atoms with Gasteiger partial charge in [-0.15, -0.1) is 10.2 Å². The molecule has 1 fully saturated rings. The summed E-state index contributed by atoms with van der Waals surface area (Å²) in [6.07, 6.45) is 0. The van der Waals surface area contributed by atoms with Crippen LogP contribution < -0.4 is 0 Å². The molecule has 1 aliphatic rings. The predicted octanol–water partition coefficient (Wildman–Crippen LogP) is 3.49. The molecule has 0 spiro atoms. The van der Waals surface area contributed by atoms with Crippen LogP contribution in [0.2, 0.25) is 0 Å². The lowest BCUT2D eigenvalue weighted by molar-refractivity contribution is 0.105. The molecule has 9 nitrogen and oxygen atoms in total. The van der Waals surface area contributed by atoms with E-state index in [2.05, 4.69) is 73.7 Å².